The van der Waals surface area contributed by atoms with Gasteiger partial charge in [-0.3, -0.25) is 14.5 Å². The van der Waals surface area contributed by atoms with Gasteiger partial charge in [0.2, 0.25) is 11.8 Å². The van der Waals surface area contributed by atoms with E-state index in [-0.39, 0.29) is 35.5 Å². The highest BCUT2D eigenvalue weighted by Gasteiger charge is 2.58. The molecule has 1 aromatic heterocycles. The highest BCUT2D eigenvalue weighted by Crippen LogP contribution is 2.52. The van der Waals surface area contributed by atoms with Crippen LogP contribution >= 0.6 is 11.3 Å². The molecule has 1 aromatic rings. The van der Waals surface area contributed by atoms with Crippen LogP contribution in [-0.4, -0.2) is 42.3 Å². The Labute approximate surface area is 163 Å². The summed E-state index contributed by atoms with van der Waals surface area (Å²) in [6.45, 7) is 6.40. The van der Waals surface area contributed by atoms with Gasteiger partial charge in [-0.25, -0.2) is 4.99 Å². The number of likely N-dealkylation sites (tertiary alicyclic amines) is 1. The van der Waals surface area contributed by atoms with E-state index in [0.717, 1.165) is 13.0 Å². The molecular formula is C20H26N4O2S. The van der Waals surface area contributed by atoms with Crippen molar-refractivity contribution in [3.63, 3.8) is 0 Å². The zero-order valence-corrected chi connectivity index (χ0v) is 16.6. The second-order valence-corrected chi connectivity index (χ2v) is 8.48. The monoisotopic (exact) mass is 386 g/mol. The summed E-state index contributed by atoms with van der Waals surface area (Å²) >= 11 is 1.70. The molecule has 7 heteroatoms. The minimum absolute atomic E-state index is 0.0137. The third-order valence-electron chi connectivity index (χ3n) is 5.88. The molecule has 3 aliphatic rings. The molecule has 6 nitrogen and oxygen atoms in total. The van der Waals surface area contributed by atoms with Crippen molar-refractivity contribution in [2.24, 2.45) is 28.7 Å². The van der Waals surface area contributed by atoms with Gasteiger partial charge < -0.3 is 10.6 Å². The number of hydrogen-bond donors (Lipinski definition) is 2. The van der Waals surface area contributed by atoms with Gasteiger partial charge in [0.25, 0.3) is 0 Å². The normalized spacial score (nSPS) is 29.0. The van der Waals surface area contributed by atoms with Gasteiger partial charge in [-0.1, -0.05) is 12.2 Å². The predicted octanol–water partition coefficient (Wildman–Crippen LogP) is 1.92. The fourth-order valence-electron chi connectivity index (χ4n) is 4.53. The van der Waals surface area contributed by atoms with Gasteiger partial charge in [-0.15, -0.1) is 11.3 Å². The maximum atomic E-state index is 12.7. The maximum absolute atomic E-state index is 12.7. The Morgan fingerprint density at radius 2 is 1.93 bits per heavy atom. The summed E-state index contributed by atoms with van der Waals surface area (Å²) in [7, 11) is 0. The molecule has 2 amide bonds. The highest BCUT2D eigenvalue weighted by atomic mass is 32.1. The van der Waals surface area contributed by atoms with Crippen LogP contribution in [-0.2, 0) is 16.1 Å². The summed E-state index contributed by atoms with van der Waals surface area (Å²) in [4.78, 5) is 32.7. The summed E-state index contributed by atoms with van der Waals surface area (Å²) in [5.41, 5.74) is 1.25. The largest absolute Gasteiger partial charge is 0.357 e. The van der Waals surface area contributed by atoms with Crippen LogP contribution in [0.1, 0.15) is 23.8 Å². The predicted molar refractivity (Wildman–Crippen MR) is 106 cm³/mol. The molecular weight excluding hydrogens is 360 g/mol. The van der Waals surface area contributed by atoms with Gasteiger partial charge in [0, 0.05) is 24.5 Å². The molecule has 2 aliphatic carbocycles. The van der Waals surface area contributed by atoms with Crippen LogP contribution in [0.15, 0.2) is 28.6 Å². The number of carbonyl (C=O) groups excluding carboxylic acids is 2. The molecule has 1 saturated carbocycles. The topological polar surface area (TPSA) is 73.8 Å². The van der Waals surface area contributed by atoms with Crippen LogP contribution in [0.25, 0.3) is 0 Å². The number of aryl methyl sites for hydroxylation is 1. The highest BCUT2D eigenvalue weighted by molar-refractivity contribution is 7.10. The summed E-state index contributed by atoms with van der Waals surface area (Å²) in [5, 5.41) is 8.55. The van der Waals surface area contributed by atoms with Crippen LogP contribution in [0.3, 0.4) is 0 Å². The molecule has 4 rings (SSSR count). The Balaban J connectivity index is 1.33. The minimum atomic E-state index is -0.115. The lowest BCUT2D eigenvalue weighted by Crippen LogP contribution is -2.43. The lowest BCUT2D eigenvalue weighted by molar-refractivity contribution is -0.140. The van der Waals surface area contributed by atoms with E-state index >= 15 is 0 Å². The Morgan fingerprint density at radius 3 is 2.52 bits per heavy atom. The van der Waals surface area contributed by atoms with E-state index in [9.17, 15) is 9.59 Å². The van der Waals surface area contributed by atoms with Crippen LogP contribution in [0.2, 0.25) is 0 Å². The summed E-state index contributed by atoms with van der Waals surface area (Å²) < 4.78 is 0. The Kier molecular flexibility index (Phi) is 5.04. The molecule has 2 bridgehead atoms. The van der Waals surface area contributed by atoms with Gasteiger partial charge in [0.15, 0.2) is 5.96 Å². The van der Waals surface area contributed by atoms with Crippen molar-refractivity contribution in [2.45, 2.75) is 26.8 Å². The van der Waals surface area contributed by atoms with E-state index in [1.54, 1.807) is 11.3 Å². The first-order valence-electron chi connectivity index (χ1n) is 9.68. The molecule has 2 fully saturated rings. The van der Waals surface area contributed by atoms with Crippen LogP contribution in [0, 0.1) is 30.6 Å². The van der Waals surface area contributed by atoms with E-state index in [0.29, 0.717) is 25.6 Å². The first-order chi connectivity index (χ1) is 13.1. The number of nitrogens with zero attached hydrogens (tertiary/aromatic N) is 2. The van der Waals surface area contributed by atoms with Crippen molar-refractivity contribution in [2.75, 3.05) is 19.6 Å². The minimum Gasteiger partial charge on any atom is -0.357 e. The third kappa shape index (κ3) is 3.29. The number of rotatable bonds is 6. The maximum Gasteiger partial charge on any atom is 0.233 e. The molecule has 1 saturated heterocycles. The number of amides is 2. The van der Waals surface area contributed by atoms with Crippen molar-refractivity contribution in [1.82, 2.24) is 15.5 Å². The van der Waals surface area contributed by atoms with Crippen molar-refractivity contribution >= 4 is 29.1 Å². The number of nitrogens with one attached hydrogen (secondary N) is 2. The Morgan fingerprint density at radius 1 is 1.22 bits per heavy atom. The van der Waals surface area contributed by atoms with Gasteiger partial charge in [0.05, 0.1) is 18.4 Å². The molecule has 0 aromatic carbocycles. The summed E-state index contributed by atoms with van der Waals surface area (Å²) in [5.74, 6) is 1.04. The van der Waals surface area contributed by atoms with E-state index in [4.69, 9.17) is 0 Å². The SMILES string of the molecule is CCNC(=NCc1sccc1C)NCCN1C(=O)C2C3C=CC(C3)C2C1=O. The third-order valence-corrected chi connectivity index (χ3v) is 6.89. The number of allylic oxidation sites excluding steroid dienone is 2. The van der Waals surface area contributed by atoms with Crippen molar-refractivity contribution in [3.05, 3.63) is 34.0 Å². The quantitative estimate of drug-likeness (QED) is 0.339. The molecule has 4 atom stereocenters. The zero-order chi connectivity index (χ0) is 19.0. The average molecular weight is 387 g/mol. The van der Waals surface area contributed by atoms with E-state index in [1.165, 1.54) is 15.3 Å². The molecule has 144 valence electrons. The fourth-order valence-corrected chi connectivity index (χ4v) is 5.36. The smallest absolute Gasteiger partial charge is 0.233 e. The van der Waals surface area contributed by atoms with Gasteiger partial charge >= 0.3 is 0 Å². The summed E-state index contributed by atoms with van der Waals surface area (Å²) in [6, 6.07) is 2.10. The molecule has 2 N–H and O–H groups in total. The van der Waals surface area contributed by atoms with Crippen molar-refractivity contribution in [1.29, 1.82) is 0 Å². The van der Waals surface area contributed by atoms with E-state index in [1.807, 2.05) is 6.92 Å². The number of fused-ring (bicyclic) bond motifs is 5. The standard InChI is InChI=1S/C20H26N4O2S/c1-3-21-20(23-11-15-12(2)6-9-27-15)22-7-8-24-18(25)16-13-4-5-14(10-13)17(16)19(24)26/h4-6,9,13-14,16-17H,3,7-8,10-11H2,1-2H3,(H2,21,22,23). The Hall–Kier alpha value is -2.15. The van der Waals surface area contributed by atoms with Crippen LogP contribution < -0.4 is 10.6 Å². The molecule has 0 radical (unpaired) electrons. The van der Waals surface area contributed by atoms with Gasteiger partial charge in [-0.2, -0.15) is 0 Å². The number of guanidine groups is 1. The second-order valence-electron chi connectivity index (χ2n) is 7.48. The molecule has 0 spiro atoms. The molecule has 1 aliphatic heterocycles. The first kappa shape index (κ1) is 18.2. The second kappa shape index (κ2) is 7.46. The van der Waals surface area contributed by atoms with Crippen molar-refractivity contribution in [3.8, 4) is 0 Å². The average Bonchev–Trinajstić information content (AvgIpc) is 3.41. The van der Waals surface area contributed by atoms with Crippen molar-refractivity contribution < 1.29 is 9.59 Å². The Bertz CT molecular complexity index is 770. The lowest BCUT2D eigenvalue weighted by atomic mass is 9.85. The number of thiophene rings is 1. The number of carbonyl (C=O) groups is 2. The molecule has 27 heavy (non-hydrogen) atoms. The molecule has 2 heterocycles. The summed E-state index contributed by atoms with van der Waals surface area (Å²) in [6.07, 6.45) is 5.22. The fraction of sp³-hybridized carbons (Fsp3) is 0.550. The lowest BCUT2D eigenvalue weighted by Gasteiger charge is -2.18. The van der Waals surface area contributed by atoms with Crippen LogP contribution in [0.5, 0.6) is 0 Å². The number of hydrogen-bond acceptors (Lipinski definition) is 4. The number of imide groups is 1. The zero-order valence-electron chi connectivity index (χ0n) is 15.8. The van der Waals surface area contributed by atoms with E-state index in [2.05, 4.69) is 46.1 Å². The van der Waals surface area contributed by atoms with Gasteiger partial charge in [0.1, 0.15) is 0 Å². The van der Waals surface area contributed by atoms with E-state index < -0.39 is 0 Å². The van der Waals surface area contributed by atoms with Crippen LogP contribution in [0.4, 0.5) is 0 Å². The molecule has 4 unspecified atom stereocenters. The van der Waals surface area contributed by atoms with Gasteiger partial charge in [-0.05, 0) is 49.1 Å². The number of aliphatic imine (C=N–C) groups is 1. The first-order valence-corrected chi connectivity index (χ1v) is 10.6.